The average Bonchev–Trinajstić information content (AvgIpc) is 3.19. The Morgan fingerprint density at radius 2 is 2.00 bits per heavy atom. The van der Waals surface area contributed by atoms with E-state index in [-0.39, 0.29) is 10.8 Å². The van der Waals surface area contributed by atoms with Crippen LogP contribution in [0.3, 0.4) is 0 Å². The van der Waals surface area contributed by atoms with Crippen molar-refractivity contribution in [2.24, 2.45) is 5.92 Å². The number of benzene rings is 1. The van der Waals surface area contributed by atoms with E-state index in [1.807, 2.05) is 11.8 Å². The monoisotopic (exact) mass is 329 g/mol. The van der Waals surface area contributed by atoms with Crippen LogP contribution in [0.5, 0.6) is 0 Å². The number of hydrogen-bond acceptors (Lipinski definition) is 3. The molecule has 1 aliphatic carbocycles. The van der Waals surface area contributed by atoms with Crippen LogP contribution in [0.2, 0.25) is 0 Å². The van der Waals surface area contributed by atoms with Crippen LogP contribution >= 0.6 is 10.7 Å². The topological polar surface area (TPSA) is 54.5 Å². The molecule has 2 rings (SSSR count). The maximum atomic E-state index is 12.6. The van der Waals surface area contributed by atoms with Crippen molar-refractivity contribution >= 4 is 25.6 Å². The minimum atomic E-state index is -3.83. The van der Waals surface area contributed by atoms with Crippen molar-refractivity contribution in [2.45, 2.75) is 38.0 Å². The predicted octanol–water partition coefficient (Wildman–Crippen LogP) is 3.18. The lowest BCUT2D eigenvalue weighted by Gasteiger charge is -2.22. The lowest BCUT2D eigenvalue weighted by atomic mass is 10.1. The van der Waals surface area contributed by atoms with E-state index in [1.165, 1.54) is 25.0 Å². The molecule has 116 valence electrons. The van der Waals surface area contributed by atoms with Crippen molar-refractivity contribution in [3.8, 4) is 0 Å². The van der Waals surface area contributed by atoms with Gasteiger partial charge in [-0.2, -0.15) is 0 Å². The number of carbonyl (C=O) groups is 1. The third-order valence-electron chi connectivity index (χ3n) is 3.54. The Hall–Kier alpha value is -1.07. The van der Waals surface area contributed by atoms with Gasteiger partial charge in [-0.25, -0.2) is 8.42 Å². The van der Waals surface area contributed by atoms with E-state index >= 15 is 0 Å². The second-order valence-electron chi connectivity index (χ2n) is 5.67. The fraction of sp³-hybridized carbons (Fsp3) is 0.533. The van der Waals surface area contributed by atoms with Gasteiger partial charge in [-0.15, -0.1) is 0 Å². The van der Waals surface area contributed by atoms with E-state index in [9.17, 15) is 13.2 Å². The van der Waals surface area contributed by atoms with Crippen molar-refractivity contribution in [3.05, 3.63) is 29.3 Å². The molecular weight excluding hydrogens is 310 g/mol. The van der Waals surface area contributed by atoms with Crippen molar-refractivity contribution in [1.29, 1.82) is 0 Å². The predicted molar refractivity (Wildman–Crippen MR) is 83.1 cm³/mol. The molecule has 1 aromatic carbocycles. The molecule has 0 bridgehead atoms. The molecule has 1 amide bonds. The molecule has 0 N–H and O–H groups in total. The fourth-order valence-electron chi connectivity index (χ4n) is 2.35. The third kappa shape index (κ3) is 4.45. The molecule has 1 aromatic rings. The van der Waals surface area contributed by atoms with Crippen LogP contribution in [0.25, 0.3) is 0 Å². The normalized spacial score (nSPS) is 15.0. The zero-order chi connectivity index (χ0) is 15.6. The summed E-state index contributed by atoms with van der Waals surface area (Å²) in [5.74, 6) is 0.482. The minimum Gasteiger partial charge on any atom is -0.338 e. The summed E-state index contributed by atoms with van der Waals surface area (Å²) in [5, 5.41) is 0. The first-order valence-corrected chi connectivity index (χ1v) is 9.48. The largest absolute Gasteiger partial charge is 0.338 e. The third-order valence-corrected chi connectivity index (χ3v) is 4.87. The van der Waals surface area contributed by atoms with Crippen molar-refractivity contribution < 1.29 is 13.2 Å². The van der Waals surface area contributed by atoms with Gasteiger partial charge in [-0.1, -0.05) is 6.92 Å². The summed E-state index contributed by atoms with van der Waals surface area (Å²) in [6.07, 6.45) is 3.22. The van der Waals surface area contributed by atoms with Gasteiger partial charge in [0.25, 0.3) is 15.0 Å². The molecule has 0 aromatic heterocycles. The Balaban J connectivity index is 2.29. The molecule has 0 spiro atoms. The second-order valence-corrected chi connectivity index (χ2v) is 8.23. The summed E-state index contributed by atoms with van der Waals surface area (Å²) in [6, 6.07) is 4.56. The number of aryl methyl sites for hydroxylation is 1. The van der Waals surface area contributed by atoms with Crippen LogP contribution in [-0.2, 0) is 9.05 Å². The Bertz CT molecular complexity index is 638. The van der Waals surface area contributed by atoms with Crippen LogP contribution in [0.15, 0.2) is 23.1 Å². The Morgan fingerprint density at radius 1 is 1.33 bits per heavy atom. The summed E-state index contributed by atoms with van der Waals surface area (Å²) in [4.78, 5) is 14.4. The lowest BCUT2D eigenvalue weighted by molar-refractivity contribution is 0.0747. The van der Waals surface area contributed by atoms with Crippen LogP contribution < -0.4 is 0 Å². The average molecular weight is 330 g/mol. The van der Waals surface area contributed by atoms with E-state index in [4.69, 9.17) is 10.7 Å². The summed E-state index contributed by atoms with van der Waals surface area (Å²) in [6.45, 7) is 5.22. The van der Waals surface area contributed by atoms with Crippen molar-refractivity contribution in [1.82, 2.24) is 4.90 Å². The lowest BCUT2D eigenvalue weighted by Crippen LogP contribution is -2.33. The maximum absolute atomic E-state index is 12.6. The first-order chi connectivity index (χ1) is 9.81. The number of carbonyl (C=O) groups excluding carboxylic acids is 1. The number of halogens is 1. The van der Waals surface area contributed by atoms with Gasteiger partial charge in [-0.05, 0) is 55.9 Å². The quantitative estimate of drug-likeness (QED) is 0.753. The zero-order valence-corrected chi connectivity index (χ0v) is 13.9. The highest BCUT2D eigenvalue weighted by Gasteiger charge is 2.27. The molecule has 0 aliphatic heterocycles. The Morgan fingerprint density at radius 3 is 2.52 bits per heavy atom. The molecular formula is C15H20ClNO3S. The highest BCUT2D eigenvalue weighted by atomic mass is 35.7. The fourth-order valence-corrected chi connectivity index (χ4v) is 3.21. The zero-order valence-electron chi connectivity index (χ0n) is 12.3. The van der Waals surface area contributed by atoms with Crippen molar-refractivity contribution in [3.63, 3.8) is 0 Å². The standard InChI is InChI=1S/C15H20ClNO3S/c1-3-6-17(10-12-4-5-12)15(18)13-7-11(2)8-14(9-13)21(16,19)20/h7-9,12H,3-6,10H2,1-2H3. The Kier molecular flexibility index (Phi) is 4.94. The van der Waals surface area contributed by atoms with Gasteiger partial charge in [0.05, 0.1) is 4.90 Å². The van der Waals surface area contributed by atoms with Gasteiger partial charge < -0.3 is 4.90 Å². The number of hydrogen-bond donors (Lipinski definition) is 0. The van der Waals surface area contributed by atoms with E-state index in [0.29, 0.717) is 23.6 Å². The molecule has 1 fully saturated rings. The molecule has 6 heteroatoms. The van der Waals surface area contributed by atoms with Gasteiger partial charge in [0, 0.05) is 29.3 Å². The van der Waals surface area contributed by atoms with E-state index in [0.717, 1.165) is 13.0 Å². The molecule has 0 saturated heterocycles. The van der Waals surface area contributed by atoms with Gasteiger partial charge >= 0.3 is 0 Å². The smallest absolute Gasteiger partial charge is 0.261 e. The molecule has 1 saturated carbocycles. The van der Waals surface area contributed by atoms with Crippen molar-refractivity contribution in [2.75, 3.05) is 13.1 Å². The minimum absolute atomic E-state index is 0.0182. The Labute approximate surface area is 130 Å². The molecule has 21 heavy (non-hydrogen) atoms. The molecule has 0 heterocycles. The van der Waals surface area contributed by atoms with E-state index < -0.39 is 9.05 Å². The highest BCUT2D eigenvalue weighted by molar-refractivity contribution is 8.13. The van der Waals surface area contributed by atoms with Crippen LogP contribution in [0, 0.1) is 12.8 Å². The van der Waals surface area contributed by atoms with Gasteiger partial charge in [0.15, 0.2) is 0 Å². The number of rotatable bonds is 6. The maximum Gasteiger partial charge on any atom is 0.261 e. The van der Waals surface area contributed by atoms with Crippen LogP contribution in [0.1, 0.15) is 42.1 Å². The summed E-state index contributed by atoms with van der Waals surface area (Å²) < 4.78 is 23.0. The SMILES string of the molecule is CCCN(CC1CC1)C(=O)c1cc(C)cc(S(=O)(=O)Cl)c1. The summed E-state index contributed by atoms with van der Waals surface area (Å²) >= 11 is 0. The molecule has 4 nitrogen and oxygen atoms in total. The highest BCUT2D eigenvalue weighted by Crippen LogP contribution is 2.30. The van der Waals surface area contributed by atoms with E-state index in [1.54, 1.807) is 13.0 Å². The molecule has 0 unspecified atom stereocenters. The van der Waals surface area contributed by atoms with Crippen LogP contribution in [-0.4, -0.2) is 32.3 Å². The molecule has 0 atom stereocenters. The van der Waals surface area contributed by atoms with Gasteiger partial charge in [0.1, 0.15) is 0 Å². The molecule has 1 aliphatic rings. The second kappa shape index (κ2) is 6.36. The number of amides is 1. The van der Waals surface area contributed by atoms with Crippen LogP contribution in [0.4, 0.5) is 0 Å². The first-order valence-electron chi connectivity index (χ1n) is 7.17. The summed E-state index contributed by atoms with van der Waals surface area (Å²) in [7, 11) is 1.56. The van der Waals surface area contributed by atoms with Gasteiger partial charge in [0.2, 0.25) is 0 Å². The van der Waals surface area contributed by atoms with Gasteiger partial charge in [-0.3, -0.25) is 4.79 Å². The molecule has 0 radical (unpaired) electrons. The number of nitrogens with zero attached hydrogens (tertiary/aromatic N) is 1. The van der Waals surface area contributed by atoms with E-state index in [2.05, 4.69) is 0 Å². The first kappa shape index (κ1) is 16.3. The summed E-state index contributed by atoms with van der Waals surface area (Å²) in [5.41, 5.74) is 1.10.